The van der Waals surface area contributed by atoms with Crippen molar-refractivity contribution in [2.24, 2.45) is 5.10 Å². The van der Waals surface area contributed by atoms with Crippen LogP contribution in [0.15, 0.2) is 58.5 Å². The van der Waals surface area contributed by atoms with Crippen molar-refractivity contribution in [3.05, 3.63) is 59.9 Å². The first-order chi connectivity index (χ1) is 12.6. The van der Waals surface area contributed by atoms with Crippen molar-refractivity contribution in [2.45, 2.75) is 23.5 Å². The number of hydrogen-bond acceptors (Lipinski definition) is 5. The molecule has 0 fully saturated rings. The molecule has 0 unspecified atom stereocenters. The highest BCUT2D eigenvalue weighted by Crippen LogP contribution is 2.39. The van der Waals surface area contributed by atoms with Crippen LogP contribution in [-0.2, 0) is 14.3 Å². The molecule has 0 saturated carbocycles. The van der Waals surface area contributed by atoms with Gasteiger partial charge in [0.15, 0.2) is 0 Å². The molecule has 10 heteroatoms. The lowest BCUT2D eigenvalue weighted by Gasteiger charge is -2.24. The van der Waals surface area contributed by atoms with Crippen LogP contribution in [0.3, 0.4) is 0 Å². The first kappa shape index (κ1) is 19.3. The van der Waals surface area contributed by atoms with E-state index in [0.717, 1.165) is 24.3 Å². The van der Waals surface area contributed by atoms with E-state index in [4.69, 9.17) is 0 Å². The maximum absolute atomic E-state index is 13.2. The number of hydrazone groups is 1. The minimum Gasteiger partial charge on any atom is -0.270 e. The Morgan fingerprint density at radius 3 is 2.19 bits per heavy atom. The Balaban J connectivity index is 1.98. The molecule has 0 aromatic heterocycles. The molecule has 1 heterocycles. The van der Waals surface area contributed by atoms with Gasteiger partial charge >= 0.3 is 6.18 Å². The van der Waals surface area contributed by atoms with Crippen LogP contribution < -0.4 is 5.01 Å². The number of rotatable bonds is 4. The summed E-state index contributed by atoms with van der Waals surface area (Å²) in [5.41, 5.74) is -0.253. The van der Waals surface area contributed by atoms with Crippen LogP contribution in [0.2, 0.25) is 0 Å². The average Bonchev–Trinajstić information content (AvgIpc) is 3.08. The van der Waals surface area contributed by atoms with Crippen LogP contribution >= 0.6 is 0 Å². The average molecular weight is 402 g/mol. The molecule has 0 saturated heterocycles. The van der Waals surface area contributed by atoms with Gasteiger partial charge in [0.1, 0.15) is 11.5 Å². The van der Waals surface area contributed by atoms with E-state index in [1.54, 1.807) is 0 Å². The van der Waals surface area contributed by atoms with E-state index in [2.05, 4.69) is 9.28 Å². The molecular formula is C17H14F4N2O3S. The monoisotopic (exact) mass is 402 g/mol. The molecule has 0 amide bonds. The molecule has 0 radical (unpaired) electrons. The molecule has 1 atom stereocenters. The van der Waals surface area contributed by atoms with Crippen molar-refractivity contribution in [2.75, 3.05) is 12.1 Å². The molecule has 0 bridgehead atoms. The maximum atomic E-state index is 13.2. The molecule has 2 aromatic rings. The quantitative estimate of drug-likeness (QED) is 0.572. The van der Waals surface area contributed by atoms with Crippen LogP contribution in [0.1, 0.15) is 18.0 Å². The summed E-state index contributed by atoms with van der Waals surface area (Å²) in [6.45, 7) is 0. The van der Waals surface area contributed by atoms with E-state index in [-0.39, 0.29) is 10.6 Å². The maximum Gasteiger partial charge on any atom is 0.431 e. The Morgan fingerprint density at radius 1 is 1.07 bits per heavy atom. The first-order valence-corrected chi connectivity index (χ1v) is 9.13. The van der Waals surface area contributed by atoms with Crippen LogP contribution in [-0.4, -0.2) is 27.4 Å². The van der Waals surface area contributed by atoms with E-state index in [9.17, 15) is 26.0 Å². The summed E-state index contributed by atoms with van der Waals surface area (Å²) >= 11 is 0. The van der Waals surface area contributed by atoms with Gasteiger partial charge in [-0.1, -0.05) is 12.1 Å². The Bertz CT molecular complexity index is 955. The molecule has 27 heavy (non-hydrogen) atoms. The van der Waals surface area contributed by atoms with E-state index < -0.39 is 40.3 Å². The van der Waals surface area contributed by atoms with Crippen molar-refractivity contribution in [3.8, 4) is 0 Å². The van der Waals surface area contributed by atoms with Crippen LogP contribution in [0.4, 0.5) is 23.2 Å². The molecule has 0 spiro atoms. The number of benzene rings is 2. The second-order valence-corrected chi connectivity index (χ2v) is 7.49. The highest BCUT2D eigenvalue weighted by atomic mass is 32.2. The molecule has 1 aliphatic rings. The molecule has 2 aromatic carbocycles. The van der Waals surface area contributed by atoms with Gasteiger partial charge in [0.2, 0.25) is 0 Å². The van der Waals surface area contributed by atoms with Crippen molar-refractivity contribution in [1.82, 2.24) is 0 Å². The predicted molar refractivity (Wildman–Crippen MR) is 90.4 cm³/mol. The first-order valence-electron chi connectivity index (χ1n) is 7.72. The van der Waals surface area contributed by atoms with Gasteiger partial charge in [-0.3, -0.25) is 9.19 Å². The largest absolute Gasteiger partial charge is 0.431 e. The van der Waals surface area contributed by atoms with Crippen LogP contribution in [0.25, 0.3) is 0 Å². The predicted octanol–water partition coefficient (Wildman–Crippen LogP) is 4.03. The van der Waals surface area contributed by atoms with Gasteiger partial charge in [-0.25, -0.2) is 4.39 Å². The zero-order chi connectivity index (χ0) is 19.8. The van der Waals surface area contributed by atoms with E-state index in [0.29, 0.717) is 5.56 Å². The van der Waals surface area contributed by atoms with E-state index in [1.165, 1.54) is 36.4 Å². The summed E-state index contributed by atoms with van der Waals surface area (Å²) in [5, 5.41) is 4.82. The van der Waals surface area contributed by atoms with Crippen molar-refractivity contribution in [1.29, 1.82) is 0 Å². The summed E-state index contributed by atoms with van der Waals surface area (Å²) < 4.78 is 80.4. The van der Waals surface area contributed by atoms with Crippen LogP contribution in [0.5, 0.6) is 0 Å². The van der Waals surface area contributed by atoms with Gasteiger partial charge in [0.25, 0.3) is 10.1 Å². The third kappa shape index (κ3) is 3.96. The third-order valence-corrected chi connectivity index (χ3v) is 5.39. The van der Waals surface area contributed by atoms with Crippen molar-refractivity contribution in [3.63, 3.8) is 0 Å². The lowest BCUT2D eigenvalue weighted by atomic mass is 10.0. The van der Waals surface area contributed by atoms with Gasteiger partial charge in [0.05, 0.1) is 23.7 Å². The fourth-order valence-electron chi connectivity index (χ4n) is 2.73. The molecule has 5 nitrogen and oxygen atoms in total. The van der Waals surface area contributed by atoms with Gasteiger partial charge in [-0.05, 0) is 42.0 Å². The van der Waals surface area contributed by atoms with Crippen molar-refractivity contribution < 1.29 is 30.2 Å². The zero-order valence-electron chi connectivity index (χ0n) is 13.9. The Hall–Kier alpha value is -2.46. The normalized spacial score (nSPS) is 17.9. The van der Waals surface area contributed by atoms with Crippen LogP contribution in [0, 0.1) is 5.82 Å². The Labute approximate surface area is 153 Å². The topological polar surface area (TPSA) is 59.0 Å². The number of anilines is 1. The number of nitrogens with zero attached hydrogens (tertiary/aromatic N) is 2. The molecule has 3 rings (SSSR count). The van der Waals surface area contributed by atoms with Gasteiger partial charge in [0, 0.05) is 6.42 Å². The van der Waals surface area contributed by atoms with E-state index in [1.807, 2.05) is 0 Å². The summed E-state index contributed by atoms with van der Waals surface area (Å²) in [6, 6.07) is 9.41. The standard InChI is InChI=1S/C17H14F4N2O3S/c1-26-27(24,25)14-8-2-11(3-9-14)15-10-16(17(19,20)21)22-23(15)13-6-4-12(18)5-7-13/h2-9,15H,10H2,1H3/t15-/m0/s1. The molecular weight excluding hydrogens is 388 g/mol. The summed E-state index contributed by atoms with van der Waals surface area (Å²) in [4.78, 5) is -0.114. The minimum absolute atomic E-state index is 0.114. The Kier molecular flexibility index (Phi) is 4.96. The Morgan fingerprint density at radius 2 is 1.67 bits per heavy atom. The lowest BCUT2D eigenvalue weighted by Crippen LogP contribution is -2.21. The number of hydrogen-bond donors (Lipinski definition) is 0. The molecule has 0 aliphatic carbocycles. The zero-order valence-corrected chi connectivity index (χ0v) is 14.8. The number of halogens is 4. The minimum atomic E-state index is -4.60. The van der Waals surface area contributed by atoms with Gasteiger partial charge in [-0.2, -0.15) is 26.7 Å². The second kappa shape index (κ2) is 6.93. The highest BCUT2D eigenvalue weighted by Gasteiger charge is 2.43. The smallest absolute Gasteiger partial charge is 0.270 e. The SMILES string of the molecule is COS(=O)(=O)c1ccc([C@@H]2CC(C(F)(F)F)=NN2c2ccc(F)cc2)cc1. The number of alkyl halides is 3. The fourth-order valence-corrected chi connectivity index (χ4v) is 3.39. The third-order valence-electron chi connectivity index (χ3n) is 4.10. The van der Waals surface area contributed by atoms with Gasteiger partial charge < -0.3 is 0 Å². The molecule has 144 valence electrons. The summed E-state index contributed by atoms with van der Waals surface area (Å²) in [5.74, 6) is -0.524. The fraction of sp³-hybridized carbons (Fsp3) is 0.235. The molecule has 1 aliphatic heterocycles. The summed E-state index contributed by atoms with van der Waals surface area (Å²) in [6.07, 6.45) is -5.02. The highest BCUT2D eigenvalue weighted by molar-refractivity contribution is 7.86. The van der Waals surface area contributed by atoms with Gasteiger partial charge in [-0.15, -0.1) is 0 Å². The van der Waals surface area contributed by atoms with E-state index >= 15 is 0 Å². The summed E-state index contributed by atoms with van der Waals surface area (Å²) in [7, 11) is -2.89. The second-order valence-electron chi connectivity index (χ2n) is 5.78. The molecule has 0 N–H and O–H groups in total. The van der Waals surface area contributed by atoms with Crippen molar-refractivity contribution >= 4 is 21.5 Å². The lowest BCUT2D eigenvalue weighted by molar-refractivity contribution is -0.0600.